The maximum Gasteiger partial charge on any atom is 0.408 e. The largest absolute Gasteiger partial charge is 0.465 e. The van der Waals surface area contributed by atoms with Gasteiger partial charge in [-0.2, -0.15) is 0 Å². The number of non-ortho nitro benzene ring substituents is 1. The molecule has 1 aliphatic rings. The summed E-state index contributed by atoms with van der Waals surface area (Å²) < 4.78 is 7.18. The third-order valence-corrected chi connectivity index (χ3v) is 13.0. The van der Waals surface area contributed by atoms with Crippen molar-refractivity contribution in [2.45, 2.75) is 96.6 Å². The fourth-order valence-corrected chi connectivity index (χ4v) is 6.71. The van der Waals surface area contributed by atoms with Gasteiger partial charge in [0, 0.05) is 18.2 Å². The van der Waals surface area contributed by atoms with Crippen molar-refractivity contribution < 1.29 is 19.3 Å². The van der Waals surface area contributed by atoms with Crippen LogP contribution in [0.25, 0.3) is 0 Å². The Morgan fingerprint density at radius 1 is 1.11 bits per heavy atom. The fraction of sp³-hybridized carbons (Fsp3) is 0.552. The molecule has 0 unspecified atom stereocenters. The number of nitrogens with zero attached hydrogens (tertiary/aromatic N) is 2. The van der Waals surface area contributed by atoms with Gasteiger partial charge in [-0.05, 0) is 53.9 Å². The predicted octanol–water partition coefficient (Wildman–Crippen LogP) is 7.83. The molecule has 1 saturated heterocycles. The van der Waals surface area contributed by atoms with E-state index >= 15 is 0 Å². The second-order valence-corrected chi connectivity index (χ2v) is 17.6. The highest BCUT2D eigenvalue weighted by molar-refractivity contribution is 6.74. The first-order chi connectivity index (χ1) is 17.0. The molecule has 0 aliphatic carbocycles. The number of likely N-dealkylation sites (tertiary alicyclic amines) is 1. The minimum Gasteiger partial charge on any atom is -0.465 e. The lowest BCUT2D eigenvalue weighted by atomic mass is 9.67. The zero-order valence-electron chi connectivity index (χ0n) is 23.4. The minimum atomic E-state index is -2.31. The summed E-state index contributed by atoms with van der Waals surface area (Å²) in [6, 6.07) is 16.2. The summed E-state index contributed by atoms with van der Waals surface area (Å²) in [5.41, 5.74) is 0.665. The van der Waals surface area contributed by atoms with E-state index in [4.69, 9.17) is 4.43 Å². The Hall–Kier alpha value is -2.71. The maximum atomic E-state index is 13.1. The summed E-state index contributed by atoms with van der Waals surface area (Å²) in [7, 11) is -2.31. The number of nitro benzene ring substituents is 1. The molecular weight excluding hydrogens is 484 g/mol. The van der Waals surface area contributed by atoms with Crippen LogP contribution >= 0.6 is 0 Å². The summed E-state index contributed by atoms with van der Waals surface area (Å²) in [6.07, 6.45) is 0.440. The van der Waals surface area contributed by atoms with Crippen LogP contribution in [0.2, 0.25) is 18.1 Å². The molecule has 2 aromatic rings. The van der Waals surface area contributed by atoms with Crippen molar-refractivity contribution in [3.63, 3.8) is 0 Å². The van der Waals surface area contributed by atoms with E-state index in [2.05, 4.69) is 66.8 Å². The zero-order valence-corrected chi connectivity index (χ0v) is 24.4. The Morgan fingerprint density at radius 3 is 2.14 bits per heavy atom. The first-order valence-electron chi connectivity index (χ1n) is 13.0. The second kappa shape index (κ2) is 10.2. The molecule has 3 rings (SSSR count). The fourth-order valence-electron chi connectivity index (χ4n) is 5.44. The van der Waals surface area contributed by atoms with Crippen LogP contribution in [-0.2, 0) is 10.8 Å². The first kappa shape index (κ1) is 28.9. The number of nitro groups is 1. The van der Waals surface area contributed by atoms with E-state index in [1.165, 1.54) is 12.1 Å². The van der Waals surface area contributed by atoms with Crippen molar-refractivity contribution in [1.82, 2.24) is 4.90 Å². The molecule has 7 nitrogen and oxygen atoms in total. The van der Waals surface area contributed by atoms with Crippen molar-refractivity contribution >= 4 is 20.1 Å². The highest BCUT2D eigenvalue weighted by Crippen LogP contribution is 2.56. The SMILES string of the molecule is CC(C)(C)[C@@]1([C@H](O[Si](C)(C)C(C)(C)C)c2ccccc2)CC[C@H](Cc2ccc([N+](=O)[O-])cc2)N1C(=O)O. The van der Waals surface area contributed by atoms with Gasteiger partial charge in [0.05, 0.1) is 16.6 Å². The highest BCUT2D eigenvalue weighted by Gasteiger charge is 2.61. The van der Waals surface area contributed by atoms with Crippen molar-refractivity contribution in [2.75, 3.05) is 0 Å². The number of hydrogen-bond acceptors (Lipinski definition) is 4. The van der Waals surface area contributed by atoms with Crippen molar-refractivity contribution in [3.05, 3.63) is 75.8 Å². The summed E-state index contributed by atoms with van der Waals surface area (Å²) in [5, 5.41) is 21.8. The second-order valence-electron chi connectivity index (χ2n) is 12.8. The number of carboxylic acid groups (broad SMARTS) is 1. The molecule has 0 radical (unpaired) electrons. The number of carbonyl (C=O) groups is 1. The Kier molecular flexibility index (Phi) is 7.96. The molecule has 1 N–H and O–H groups in total. The summed E-state index contributed by atoms with van der Waals surface area (Å²) in [4.78, 5) is 25.4. The molecule has 0 bridgehead atoms. The van der Waals surface area contributed by atoms with Crippen LogP contribution in [0, 0.1) is 15.5 Å². The first-order valence-corrected chi connectivity index (χ1v) is 15.9. The summed E-state index contributed by atoms with van der Waals surface area (Å²) in [6.45, 7) is 17.4. The van der Waals surface area contributed by atoms with Crippen LogP contribution in [-0.4, -0.2) is 40.9 Å². The van der Waals surface area contributed by atoms with E-state index in [1.54, 1.807) is 17.0 Å². The van der Waals surface area contributed by atoms with Gasteiger partial charge in [-0.15, -0.1) is 0 Å². The monoisotopic (exact) mass is 526 g/mol. The Labute approximate surface area is 222 Å². The van der Waals surface area contributed by atoms with Crippen LogP contribution in [0.5, 0.6) is 0 Å². The third-order valence-electron chi connectivity index (χ3n) is 8.53. The number of hydrogen-bond donors (Lipinski definition) is 1. The van der Waals surface area contributed by atoms with E-state index in [9.17, 15) is 20.0 Å². The number of benzene rings is 2. The Balaban J connectivity index is 2.14. The maximum absolute atomic E-state index is 13.1. The lowest BCUT2D eigenvalue weighted by molar-refractivity contribution is -0.384. The van der Waals surface area contributed by atoms with Gasteiger partial charge in [0.2, 0.25) is 0 Å². The van der Waals surface area contributed by atoms with Crippen LogP contribution in [0.15, 0.2) is 54.6 Å². The standard InChI is InChI=1S/C29H42N2O5Si/c1-27(2,3)29(25(22-12-10-9-11-13-22)36-37(7,8)28(4,5)6)19-18-24(30(29)26(32)33)20-21-14-16-23(17-15-21)31(34)35/h9-17,24-25H,18-20H2,1-8H3,(H,32,33)/t24-,25-,29+/m1/s1. The third kappa shape index (κ3) is 5.60. The van der Waals surface area contributed by atoms with Crippen LogP contribution in [0.1, 0.15) is 71.6 Å². The summed E-state index contributed by atoms with van der Waals surface area (Å²) >= 11 is 0. The lowest BCUT2D eigenvalue weighted by Gasteiger charge is -2.55. The van der Waals surface area contributed by atoms with Gasteiger partial charge in [0.15, 0.2) is 8.32 Å². The number of rotatable bonds is 7. The van der Waals surface area contributed by atoms with Crippen LogP contribution in [0.3, 0.4) is 0 Å². The van der Waals surface area contributed by atoms with Gasteiger partial charge in [-0.3, -0.25) is 15.0 Å². The highest BCUT2D eigenvalue weighted by atomic mass is 28.4. The van der Waals surface area contributed by atoms with Gasteiger partial charge in [0.1, 0.15) is 0 Å². The van der Waals surface area contributed by atoms with E-state index in [0.717, 1.165) is 11.1 Å². The molecule has 1 aliphatic heterocycles. The summed E-state index contributed by atoms with van der Waals surface area (Å²) in [5.74, 6) is 0. The molecular formula is C29H42N2O5Si. The molecule has 202 valence electrons. The smallest absolute Gasteiger partial charge is 0.408 e. The minimum absolute atomic E-state index is 0.0289. The zero-order chi connectivity index (χ0) is 27.8. The quantitative estimate of drug-likeness (QED) is 0.225. The molecule has 0 saturated carbocycles. The topological polar surface area (TPSA) is 92.9 Å². The molecule has 1 fully saturated rings. The normalized spacial score (nSPS) is 21.6. The molecule has 37 heavy (non-hydrogen) atoms. The van der Waals surface area contributed by atoms with Gasteiger partial charge < -0.3 is 9.53 Å². The van der Waals surface area contributed by atoms with Crippen molar-refractivity contribution in [2.24, 2.45) is 5.41 Å². The molecule has 8 heteroatoms. The lowest BCUT2D eigenvalue weighted by Crippen LogP contribution is -2.63. The number of amides is 1. The average molecular weight is 527 g/mol. The van der Waals surface area contributed by atoms with E-state index in [-0.39, 0.29) is 16.8 Å². The van der Waals surface area contributed by atoms with E-state index < -0.39 is 36.4 Å². The van der Waals surface area contributed by atoms with Crippen LogP contribution in [0.4, 0.5) is 10.5 Å². The van der Waals surface area contributed by atoms with Gasteiger partial charge in [-0.25, -0.2) is 4.79 Å². The molecule has 1 amide bonds. The van der Waals surface area contributed by atoms with Crippen LogP contribution < -0.4 is 0 Å². The molecule has 2 aromatic carbocycles. The average Bonchev–Trinajstić information content (AvgIpc) is 3.18. The molecule has 3 atom stereocenters. The molecule has 0 spiro atoms. The van der Waals surface area contributed by atoms with E-state index in [1.807, 2.05) is 18.2 Å². The molecule has 0 aromatic heterocycles. The van der Waals surface area contributed by atoms with Crippen molar-refractivity contribution in [3.8, 4) is 0 Å². The predicted molar refractivity (Wildman–Crippen MR) is 149 cm³/mol. The van der Waals surface area contributed by atoms with Gasteiger partial charge in [-0.1, -0.05) is 84.0 Å². The van der Waals surface area contributed by atoms with Gasteiger partial charge in [0.25, 0.3) is 5.69 Å². The van der Waals surface area contributed by atoms with Gasteiger partial charge >= 0.3 is 6.09 Å². The Morgan fingerprint density at radius 2 is 1.68 bits per heavy atom. The Bertz CT molecular complexity index is 1110. The van der Waals surface area contributed by atoms with E-state index in [0.29, 0.717) is 19.3 Å². The van der Waals surface area contributed by atoms with Crippen molar-refractivity contribution in [1.29, 1.82) is 0 Å². The molecule has 1 heterocycles.